The van der Waals surface area contributed by atoms with Crippen LogP contribution in [0.25, 0.3) is 32.9 Å². The molecule has 6 aromatic rings. The number of carbonyl (C=O) groups is 10. The van der Waals surface area contributed by atoms with Crippen LogP contribution in [0.1, 0.15) is 89.4 Å². The Bertz CT molecular complexity index is 3590. The molecule has 3 aliphatic rings. The predicted molar refractivity (Wildman–Crippen MR) is 298 cm³/mol. The molecule has 5 atom stereocenters. The lowest BCUT2D eigenvalue weighted by Gasteiger charge is -2.39. The van der Waals surface area contributed by atoms with Gasteiger partial charge in [-0.05, 0) is 77.4 Å². The van der Waals surface area contributed by atoms with Gasteiger partial charge in [0.2, 0.25) is 0 Å². The van der Waals surface area contributed by atoms with E-state index >= 15 is 0 Å². The molecule has 83 heavy (non-hydrogen) atoms. The predicted octanol–water partition coefficient (Wildman–Crippen LogP) is 4.59. The van der Waals surface area contributed by atoms with E-state index in [1.807, 2.05) is 0 Å². The maximum atomic E-state index is 14.2. The first kappa shape index (κ1) is 58.6. The molecule has 434 valence electrons. The van der Waals surface area contributed by atoms with Gasteiger partial charge in [-0.2, -0.15) is 0 Å². The van der Waals surface area contributed by atoms with Gasteiger partial charge in [-0.3, -0.25) is 43.2 Å². The Morgan fingerprint density at radius 2 is 1.23 bits per heavy atom. The van der Waals surface area contributed by atoms with Crippen molar-refractivity contribution in [3.8, 4) is 11.1 Å². The van der Waals surface area contributed by atoms with Gasteiger partial charge >= 0.3 is 11.9 Å². The molecule has 3 aliphatic heterocycles. The molecule has 0 bridgehead atoms. The lowest BCUT2D eigenvalue weighted by atomic mass is 9.97. The van der Waals surface area contributed by atoms with E-state index in [1.54, 1.807) is 103 Å². The van der Waals surface area contributed by atoms with Crippen molar-refractivity contribution >= 4 is 92.1 Å². The van der Waals surface area contributed by atoms with Gasteiger partial charge in [-0.15, -0.1) is 0 Å². The summed E-state index contributed by atoms with van der Waals surface area (Å²) in [7, 11) is 1.13. The SMILES string of the molecule is COC(=O)CC(OC(C)(C)O)C(=O)Nc1c(-c2ccc(C(=O)N3CCN(C(=O)C(=O)c4c[nH]c5c(NC(=O)C6OC(C)(C)OC6C(=O)O)cccc45)C(C)C3)cc2)ccc2c(C(=O)C(=O)N3CCN(C(=O)c4ccccc4)CC3C)c[nH]c12. The number of Topliss-reactive ketones (excluding diaryl/α,β-unsaturated/α-hetero) is 2. The van der Waals surface area contributed by atoms with Crippen molar-refractivity contribution < 1.29 is 77.1 Å². The Morgan fingerprint density at radius 1 is 0.687 bits per heavy atom. The number of para-hydroxylation sites is 1. The van der Waals surface area contributed by atoms with Crippen LogP contribution in [-0.4, -0.2) is 187 Å². The molecule has 9 rings (SSSR count). The molecular formula is C59H62N8O16. The molecule has 3 fully saturated rings. The smallest absolute Gasteiger partial charge is 0.336 e. The maximum absolute atomic E-state index is 14.2. The summed E-state index contributed by atoms with van der Waals surface area (Å²) in [6.07, 6.45) is -2.51. The zero-order valence-corrected chi connectivity index (χ0v) is 46.5. The van der Waals surface area contributed by atoms with E-state index in [-0.39, 0.29) is 90.1 Å². The Labute approximate surface area is 474 Å². The van der Waals surface area contributed by atoms with E-state index < -0.39 is 95.5 Å². The molecule has 0 aliphatic carbocycles. The van der Waals surface area contributed by atoms with Crippen LogP contribution in [0.2, 0.25) is 0 Å². The lowest BCUT2D eigenvalue weighted by Crippen LogP contribution is -2.56. The molecule has 3 saturated heterocycles. The molecule has 0 radical (unpaired) electrons. The second kappa shape index (κ2) is 23.4. The fraction of sp³-hybridized carbons (Fsp3) is 0.356. The number of esters is 1. The number of carboxylic acid groups (broad SMARTS) is 1. The number of methoxy groups -OCH3 is 1. The number of nitrogens with zero attached hydrogens (tertiary/aromatic N) is 4. The number of hydrogen-bond acceptors (Lipinski definition) is 15. The third-order valence-corrected chi connectivity index (χ3v) is 14.7. The van der Waals surface area contributed by atoms with Crippen molar-refractivity contribution in [1.29, 1.82) is 0 Å². The number of aliphatic carboxylic acids is 1. The first-order valence-corrected chi connectivity index (χ1v) is 26.7. The number of amides is 6. The van der Waals surface area contributed by atoms with E-state index in [0.717, 1.165) is 7.11 Å². The summed E-state index contributed by atoms with van der Waals surface area (Å²) in [5.74, 6) is -10.9. The van der Waals surface area contributed by atoms with Crippen LogP contribution in [0.15, 0.2) is 97.3 Å². The highest BCUT2D eigenvalue weighted by Gasteiger charge is 2.49. The van der Waals surface area contributed by atoms with Crippen LogP contribution < -0.4 is 10.6 Å². The number of H-pyrrole nitrogens is 2. The number of carboxylic acids is 1. The second-order valence-electron chi connectivity index (χ2n) is 21.5. The number of anilines is 2. The summed E-state index contributed by atoms with van der Waals surface area (Å²) in [6, 6.07) is 21.9. The van der Waals surface area contributed by atoms with Crippen LogP contribution in [-0.2, 0) is 47.7 Å². The number of fused-ring (bicyclic) bond motifs is 2. The van der Waals surface area contributed by atoms with Crippen molar-refractivity contribution in [2.75, 3.05) is 57.0 Å². The fourth-order valence-corrected chi connectivity index (χ4v) is 10.6. The molecule has 2 aromatic heterocycles. The summed E-state index contributed by atoms with van der Waals surface area (Å²) in [5, 5.41) is 26.2. The van der Waals surface area contributed by atoms with Gasteiger partial charge < -0.3 is 69.4 Å². The van der Waals surface area contributed by atoms with Crippen molar-refractivity contribution in [1.82, 2.24) is 29.6 Å². The number of nitrogens with one attached hydrogen (secondary N) is 4. The van der Waals surface area contributed by atoms with Gasteiger partial charge in [0.1, 0.15) is 6.10 Å². The summed E-state index contributed by atoms with van der Waals surface area (Å²) in [6.45, 7) is 9.63. The number of rotatable bonds is 16. The zero-order chi connectivity index (χ0) is 59.8. The Balaban J connectivity index is 0.908. The minimum Gasteiger partial charge on any atom is -0.479 e. The van der Waals surface area contributed by atoms with Gasteiger partial charge in [0, 0.05) is 91.2 Å². The molecule has 6 amide bonds. The first-order valence-electron chi connectivity index (χ1n) is 26.7. The number of aromatic amines is 2. The topological polar surface area (TPSA) is 317 Å². The molecule has 5 unspecified atom stereocenters. The maximum Gasteiger partial charge on any atom is 0.336 e. The van der Waals surface area contributed by atoms with Gasteiger partial charge in [0.05, 0.1) is 47.1 Å². The average Bonchev–Trinajstić information content (AvgIpc) is 4.29. The van der Waals surface area contributed by atoms with Gasteiger partial charge in [0.25, 0.3) is 47.0 Å². The number of aromatic nitrogens is 2. The average molecular weight is 1140 g/mol. The van der Waals surface area contributed by atoms with Crippen molar-refractivity contribution in [2.24, 2.45) is 0 Å². The van der Waals surface area contributed by atoms with Crippen LogP contribution in [0.4, 0.5) is 11.4 Å². The van der Waals surface area contributed by atoms with E-state index in [1.165, 1.54) is 56.0 Å². The van der Waals surface area contributed by atoms with Crippen molar-refractivity contribution in [3.63, 3.8) is 0 Å². The van der Waals surface area contributed by atoms with Gasteiger partial charge in [-0.1, -0.05) is 54.6 Å². The number of hydrogen-bond donors (Lipinski definition) is 6. The molecule has 0 saturated carbocycles. The largest absolute Gasteiger partial charge is 0.479 e. The molecule has 0 spiro atoms. The highest BCUT2D eigenvalue weighted by atomic mass is 16.8. The Kier molecular flexibility index (Phi) is 16.5. The molecule has 24 nitrogen and oxygen atoms in total. The Hall–Kier alpha value is -9.10. The third-order valence-electron chi connectivity index (χ3n) is 14.7. The number of aliphatic hydroxyl groups is 1. The lowest BCUT2D eigenvalue weighted by molar-refractivity contribution is -0.208. The van der Waals surface area contributed by atoms with E-state index in [9.17, 15) is 58.2 Å². The van der Waals surface area contributed by atoms with Crippen LogP contribution in [0.3, 0.4) is 0 Å². The van der Waals surface area contributed by atoms with E-state index in [4.69, 9.17) is 18.9 Å². The quantitative estimate of drug-likeness (QED) is 0.0334. The van der Waals surface area contributed by atoms with Crippen LogP contribution in [0.5, 0.6) is 0 Å². The summed E-state index contributed by atoms with van der Waals surface area (Å²) >= 11 is 0. The molecule has 24 heteroatoms. The second-order valence-corrected chi connectivity index (χ2v) is 21.5. The molecule has 4 aromatic carbocycles. The van der Waals surface area contributed by atoms with E-state index in [2.05, 4.69) is 20.6 Å². The Morgan fingerprint density at radius 3 is 1.77 bits per heavy atom. The normalized spacial score (nSPS) is 19.3. The van der Waals surface area contributed by atoms with Crippen molar-refractivity contribution in [2.45, 2.75) is 89.9 Å². The first-order chi connectivity index (χ1) is 39.3. The fourth-order valence-electron chi connectivity index (χ4n) is 10.6. The highest BCUT2D eigenvalue weighted by molar-refractivity contribution is 6.46. The third kappa shape index (κ3) is 12.3. The minimum atomic E-state index is -1.88. The number of carbonyl (C=O) groups excluding carboxylic acids is 9. The number of ketones is 2. The number of ether oxygens (including phenoxy) is 4. The number of piperazine rings is 2. The molecule has 6 N–H and O–H groups in total. The van der Waals surface area contributed by atoms with Gasteiger partial charge in [0.15, 0.2) is 23.8 Å². The molecule has 5 heterocycles. The summed E-state index contributed by atoms with van der Waals surface area (Å²) in [4.78, 5) is 147. The molecular weight excluding hydrogens is 1080 g/mol. The monoisotopic (exact) mass is 1140 g/mol. The van der Waals surface area contributed by atoms with Crippen LogP contribution in [0, 0.1) is 0 Å². The summed E-state index contributed by atoms with van der Waals surface area (Å²) in [5.41, 5.74) is 2.45. The zero-order valence-electron chi connectivity index (χ0n) is 46.5. The highest BCUT2D eigenvalue weighted by Crippen LogP contribution is 2.38. The van der Waals surface area contributed by atoms with Gasteiger partial charge in [-0.25, -0.2) is 4.79 Å². The standard InChI is InChI=1S/C59H62N8O16/c1-31-29-64(53(73)34-12-9-8-10-13-34)22-24-67(31)56(76)48(70)40-28-61-45-38(40)21-20-36(46(45)63-51(71)42(26-43(68)80-7)81-58(3,4)79)33-16-18-35(19-17-33)54(74)65-23-25-66(32(2)30-65)55(75)47(69)39-27-60-44-37(39)14-11-15-41(44)62-52(72)49-50(57(77)78)83-59(5,6)82-49/h8-21,27-28,31-32,42,49-50,60-61,79H,22-26,29-30H2,1-7H3,(H,62,72)(H,63,71)(H,77,78). The van der Waals surface area contributed by atoms with E-state index in [0.29, 0.717) is 27.6 Å². The minimum absolute atomic E-state index is 0.00734. The summed E-state index contributed by atoms with van der Waals surface area (Å²) < 4.78 is 21.4. The van der Waals surface area contributed by atoms with Crippen LogP contribution >= 0.6 is 0 Å². The van der Waals surface area contributed by atoms with Crippen molar-refractivity contribution in [3.05, 3.63) is 120 Å². The number of benzene rings is 4.